The number of nitrogens with two attached hydrogens (primary N) is 1. The molecule has 0 spiro atoms. The molecule has 82 valence electrons. The van der Waals surface area contributed by atoms with Gasteiger partial charge in [-0.15, -0.1) is 0 Å². The first kappa shape index (κ1) is 11.5. The van der Waals surface area contributed by atoms with E-state index in [4.69, 9.17) is 5.73 Å². The van der Waals surface area contributed by atoms with Crippen LogP contribution < -0.4 is 5.73 Å². The Balaban J connectivity index is 2.41. The molecule has 14 heavy (non-hydrogen) atoms. The predicted molar refractivity (Wildman–Crippen MR) is 54.9 cm³/mol. The molecule has 1 fully saturated rings. The maximum atomic E-state index is 11.1. The molecule has 0 radical (unpaired) electrons. The summed E-state index contributed by atoms with van der Waals surface area (Å²) in [6.07, 6.45) is 4.03. The Morgan fingerprint density at radius 2 is 2.36 bits per heavy atom. The number of piperidine rings is 1. The zero-order chi connectivity index (χ0) is 10.4. The summed E-state index contributed by atoms with van der Waals surface area (Å²) in [5.41, 5.74) is 5.53. The molecule has 0 aromatic heterocycles. The van der Waals surface area contributed by atoms with Crippen molar-refractivity contribution in [3.8, 4) is 0 Å². The molecular formula is C10H20N2O2. The summed E-state index contributed by atoms with van der Waals surface area (Å²) in [4.78, 5) is 13.5. The molecule has 1 unspecified atom stereocenters. The fourth-order valence-electron chi connectivity index (χ4n) is 2.03. The normalized spacial score (nSPS) is 23.4. The van der Waals surface area contributed by atoms with Crippen LogP contribution in [0.2, 0.25) is 0 Å². The van der Waals surface area contributed by atoms with Gasteiger partial charge in [-0.1, -0.05) is 6.42 Å². The van der Waals surface area contributed by atoms with Crippen molar-refractivity contribution in [1.29, 1.82) is 0 Å². The minimum atomic E-state index is -0.112. The van der Waals surface area contributed by atoms with Crippen LogP contribution >= 0.6 is 0 Å². The van der Waals surface area contributed by atoms with Crippen LogP contribution in [0, 0.1) is 0 Å². The van der Waals surface area contributed by atoms with Crippen molar-refractivity contribution in [1.82, 2.24) is 4.90 Å². The molecule has 1 aliphatic heterocycles. The summed E-state index contributed by atoms with van der Waals surface area (Å²) in [5, 5.41) is 0. The second-order valence-corrected chi connectivity index (χ2v) is 3.75. The second-order valence-electron chi connectivity index (χ2n) is 3.75. The number of carbonyl (C=O) groups is 1. The molecule has 0 amide bonds. The third kappa shape index (κ3) is 3.27. The van der Waals surface area contributed by atoms with Gasteiger partial charge in [-0.3, -0.25) is 9.69 Å². The van der Waals surface area contributed by atoms with Gasteiger partial charge in [0, 0.05) is 19.1 Å². The van der Waals surface area contributed by atoms with Crippen LogP contribution in [0.4, 0.5) is 0 Å². The first-order chi connectivity index (χ1) is 6.77. The standard InChI is InChI=1S/C10H20N2O2/c1-14-10(13)8-9-4-2-3-6-12(9)7-5-11/h9H,2-8,11H2,1H3. The van der Waals surface area contributed by atoms with Gasteiger partial charge in [0.2, 0.25) is 0 Å². The number of carbonyl (C=O) groups excluding carboxylic acids is 1. The Kier molecular flexibility index (Phi) is 4.90. The fraction of sp³-hybridized carbons (Fsp3) is 0.900. The third-order valence-corrected chi connectivity index (χ3v) is 2.80. The summed E-state index contributed by atoms with van der Waals surface area (Å²) in [6.45, 7) is 2.62. The lowest BCUT2D eigenvalue weighted by molar-refractivity contribution is -0.142. The van der Waals surface area contributed by atoms with Crippen LogP contribution in [-0.4, -0.2) is 43.7 Å². The van der Waals surface area contributed by atoms with E-state index < -0.39 is 0 Å². The maximum Gasteiger partial charge on any atom is 0.307 e. The molecule has 2 N–H and O–H groups in total. The van der Waals surface area contributed by atoms with E-state index in [0.29, 0.717) is 19.0 Å². The second kappa shape index (κ2) is 5.98. The molecule has 1 heterocycles. The van der Waals surface area contributed by atoms with E-state index in [1.54, 1.807) is 0 Å². The molecule has 0 saturated carbocycles. The molecule has 0 aliphatic carbocycles. The summed E-state index contributed by atoms with van der Waals surface area (Å²) in [5.74, 6) is -0.112. The van der Waals surface area contributed by atoms with Crippen LogP contribution in [0.5, 0.6) is 0 Å². The number of rotatable bonds is 4. The number of hydrogen-bond acceptors (Lipinski definition) is 4. The first-order valence-electron chi connectivity index (χ1n) is 5.29. The number of esters is 1. The predicted octanol–water partition coefficient (Wildman–Crippen LogP) is 0.363. The maximum absolute atomic E-state index is 11.1. The SMILES string of the molecule is COC(=O)CC1CCCCN1CCN. The molecule has 0 bridgehead atoms. The number of hydrogen-bond donors (Lipinski definition) is 1. The summed E-state index contributed by atoms with van der Waals surface area (Å²) >= 11 is 0. The van der Waals surface area contributed by atoms with E-state index in [1.165, 1.54) is 20.0 Å². The van der Waals surface area contributed by atoms with Crippen molar-refractivity contribution in [3.05, 3.63) is 0 Å². The third-order valence-electron chi connectivity index (χ3n) is 2.80. The van der Waals surface area contributed by atoms with Crippen LogP contribution in [0.1, 0.15) is 25.7 Å². The topological polar surface area (TPSA) is 55.6 Å². The molecule has 1 saturated heterocycles. The van der Waals surface area contributed by atoms with Gasteiger partial charge >= 0.3 is 5.97 Å². The van der Waals surface area contributed by atoms with Gasteiger partial charge in [-0.2, -0.15) is 0 Å². The average Bonchev–Trinajstić information content (AvgIpc) is 2.21. The van der Waals surface area contributed by atoms with E-state index in [1.807, 2.05) is 0 Å². The summed E-state index contributed by atoms with van der Waals surface area (Å²) < 4.78 is 4.68. The number of methoxy groups -OCH3 is 1. The van der Waals surface area contributed by atoms with Crippen LogP contribution in [-0.2, 0) is 9.53 Å². The quantitative estimate of drug-likeness (QED) is 0.666. The molecule has 4 heteroatoms. The van der Waals surface area contributed by atoms with Gasteiger partial charge < -0.3 is 10.5 Å². The lowest BCUT2D eigenvalue weighted by atomic mass is 9.99. The minimum Gasteiger partial charge on any atom is -0.469 e. The minimum absolute atomic E-state index is 0.112. The molecular weight excluding hydrogens is 180 g/mol. The van der Waals surface area contributed by atoms with Crippen molar-refractivity contribution in [3.63, 3.8) is 0 Å². The van der Waals surface area contributed by atoms with Gasteiger partial charge in [0.1, 0.15) is 0 Å². The van der Waals surface area contributed by atoms with E-state index in [9.17, 15) is 4.79 Å². The number of likely N-dealkylation sites (tertiary alicyclic amines) is 1. The smallest absolute Gasteiger partial charge is 0.307 e. The van der Waals surface area contributed by atoms with Crippen LogP contribution in [0.15, 0.2) is 0 Å². The fourth-order valence-corrected chi connectivity index (χ4v) is 2.03. The van der Waals surface area contributed by atoms with Crippen molar-refractivity contribution < 1.29 is 9.53 Å². The summed E-state index contributed by atoms with van der Waals surface area (Å²) in [7, 11) is 1.44. The molecule has 0 aromatic rings. The highest BCUT2D eigenvalue weighted by molar-refractivity contribution is 5.69. The zero-order valence-corrected chi connectivity index (χ0v) is 8.87. The Labute approximate surface area is 85.4 Å². The molecule has 0 aromatic carbocycles. The van der Waals surface area contributed by atoms with Crippen molar-refractivity contribution >= 4 is 5.97 Å². The van der Waals surface area contributed by atoms with Gasteiger partial charge in [0.05, 0.1) is 13.5 Å². The van der Waals surface area contributed by atoms with Crippen molar-refractivity contribution in [2.75, 3.05) is 26.7 Å². The van der Waals surface area contributed by atoms with Gasteiger partial charge in [0.15, 0.2) is 0 Å². The average molecular weight is 200 g/mol. The van der Waals surface area contributed by atoms with E-state index >= 15 is 0 Å². The highest BCUT2D eigenvalue weighted by atomic mass is 16.5. The van der Waals surface area contributed by atoms with Gasteiger partial charge in [-0.25, -0.2) is 0 Å². The molecule has 4 nitrogen and oxygen atoms in total. The van der Waals surface area contributed by atoms with Crippen LogP contribution in [0.3, 0.4) is 0 Å². The van der Waals surface area contributed by atoms with Gasteiger partial charge in [-0.05, 0) is 19.4 Å². The first-order valence-corrected chi connectivity index (χ1v) is 5.29. The summed E-state index contributed by atoms with van der Waals surface area (Å²) in [6, 6.07) is 0.347. The highest BCUT2D eigenvalue weighted by Gasteiger charge is 2.24. The Morgan fingerprint density at radius 3 is 3.00 bits per heavy atom. The Morgan fingerprint density at radius 1 is 1.57 bits per heavy atom. The van der Waals surface area contributed by atoms with E-state index in [0.717, 1.165) is 19.5 Å². The lowest BCUT2D eigenvalue weighted by Gasteiger charge is -2.34. The molecule has 1 rings (SSSR count). The van der Waals surface area contributed by atoms with E-state index in [2.05, 4.69) is 9.64 Å². The highest BCUT2D eigenvalue weighted by Crippen LogP contribution is 2.19. The Hall–Kier alpha value is -0.610. The van der Waals surface area contributed by atoms with Crippen molar-refractivity contribution in [2.24, 2.45) is 5.73 Å². The lowest BCUT2D eigenvalue weighted by Crippen LogP contribution is -2.43. The number of ether oxygens (including phenoxy) is 1. The molecule has 1 aliphatic rings. The van der Waals surface area contributed by atoms with Crippen LogP contribution in [0.25, 0.3) is 0 Å². The number of nitrogens with zero attached hydrogens (tertiary/aromatic N) is 1. The van der Waals surface area contributed by atoms with Gasteiger partial charge in [0.25, 0.3) is 0 Å². The molecule has 1 atom stereocenters. The Bertz CT molecular complexity index is 183. The van der Waals surface area contributed by atoms with Crippen molar-refractivity contribution in [2.45, 2.75) is 31.7 Å². The largest absolute Gasteiger partial charge is 0.469 e. The monoisotopic (exact) mass is 200 g/mol. The zero-order valence-electron chi connectivity index (χ0n) is 8.87. The van der Waals surface area contributed by atoms with E-state index in [-0.39, 0.29) is 5.97 Å².